The molecule has 430 valence electrons. The zero-order chi connectivity index (χ0) is 55.0. The number of carbonyl (C=O) groups is 3. The zero-order valence-corrected chi connectivity index (χ0v) is 49.2. The molecule has 1 atom stereocenters. The van der Waals surface area contributed by atoms with E-state index in [1.807, 2.05) is 0 Å². The highest BCUT2D eigenvalue weighted by Crippen LogP contribution is 2.15. The third-order valence-corrected chi connectivity index (χ3v) is 12.9. The van der Waals surface area contributed by atoms with E-state index in [9.17, 15) is 14.4 Å². The van der Waals surface area contributed by atoms with Crippen molar-refractivity contribution in [1.29, 1.82) is 0 Å². The van der Waals surface area contributed by atoms with E-state index < -0.39 is 6.10 Å². The van der Waals surface area contributed by atoms with Crippen molar-refractivity contribution in [2.45, 2.75) is 277 Å². The van der Waals surface area contributed by atoms with Crippen LogP contribution in [-0.2, 0) is 28.6 Å². The van der Waals surface area contributed by atoms with Gasteiger partial charge < -0.3 is 14.2 Å². The lowest BCUT2D eigenvalue weighted by atomic mass is 10.0. The van der Waals surface area contributed by atoms with E-state index in [0.717, 1.165) is 128 Å². The summed E-state index contributed by atoms with van der Waals surface area (Å²) >= 11 is 0. The molecule has 0 bridgehead atoms. The summed E-state index contributed by atoms with van der Waals surface area (Å²) in [4.78, 5) is 38.1. The second-order valence-electron chi connectivity index (χ2n) is 20.2. The molecule has 6 heteroatoms. The van der Waals surface area contributed by atoms with E-state index in [4.69, 9.17) is 14.2 Å². The first-order chi connectivity index (χ1) is 37.5. The summed E-state index contributed by atoms with van der Waals surface area (Å²) in [5.74, 6) is -0.951. The maximum Gasteiger partial charge on any atom is 0.306 e. The summed E-state index contributed by atoms with van der Waals surface area (Å²) in [7, 11) is 0. The summed E-state index contributed by atoms with van der Waals surface area (Å²) in [6, 6.07) is 0. The molecule has 0 aromatic heterocycles. The lowest BCUT2D eigenvalue weighted by Crippen LogP contribution is -2.30. The topological polar surface area (TPSA) is 78.9 Å². The van der Waals surface area contributed by atoms with Crippen molar-refractivity contribution in [3.63, 3.8) is 0 Å². The van der Waals surface area contributed by atoms with Crippen molar-refractivity contribution >= 4 is 17.9 Å². The Morgan fingerprint density at radius 3 is 0.855 bits per heavy atom. The van der Waals surface area contributed by atoms with Gasteiger partial charge in [0.1, 0.15) is 13.2 Å². The van der Waals surface area contributed by atoms with Gasteiger partial charge in [-0.15, -0.1) is 0 Å². The fourth-order valence-corrected chi connectivity index (χ4v) is 8.23. The van der Waals surface area contributed by atoms with Gasteiger partial charge in [-0.25, -0.2) is 0 Å². The standard InChI is InChI=1S/C70H114O6/c1-4-7-10-13-16-19-22-25-26-27-28-29-30-31-32-33-34-35-36-37-38-39-40-41-42-43-44-46-48-51-54-57-60-63-69(72)75-66-67(65-74-68(71)62-59-56-53-50-47-24-21-18-15-12-9-6-3)76-70(73)64-61-58-55-52-49-45-23-20-17-14-11-8-5-2/h7,10,16,19-20,23,25-26,28-29,31-32,34-35,37-38,40-41,43-44,48,51,67H,4-6,8-9,11-15,17-18,21-22,24,27,30,33,36,39,42,45-47,49-50,52-66H2,1-3H3/b10-7-,19-16-,23-20-,26-25-,29-28-,32-31-,35-34-,38-37-,41-40-,44-43-,51-48-. The second kappa shape index (κ2) is 63.1. The van der Waals surface area contributed by atoms with E-state index in [1.165, 1.54) is 96.3 Å². The Hall–Kier alpha value is -4.45. The number of allylic oxidation sites excluding steroid dienone is 22. The van der Waals surface area contributed by atoms with E-state index >= 15 is 0 Å². The number of carbonyl (C=O) groups excluding carboxylic acids is 3. The van der Waals surface area contributed by atoms with Crippen LogP contribution in [0.3, 0.4) is 0 Å². The third kappa shape index (κ3) is 60.4. The van der Waals surface area contributed by atoms with E-state index in [0.29, 0.717) is 25.7 Å². The molecule has 6 nitrogen and oxygen atoms in total. The predicted molar refractivity (Wildman–Crippen MR) is 329 cm³/mol. The molecule has 0 aliphatic rings. The molecule has 0 aliphatic heterocycles. The van der Waals surface area contributed by atoms with E-state index in [1.54, 1.807) is 0 Å². The molecule has 0 amide bonds. The number of rotatable bonds is 55. The molecule has 0 heterocycles. The zero-order valence-electron chi connectivity index (χ0n) is 49.2. The monoisotopic (exact) mass is 1050 g/mol. The average molecular weight is 1050 g/mol. The van der Waals surface area contributed by atoms with Gasteiger partial charge in [0.2, 0.25) is 0 Å². The van der Waals surface area contributed by atoms with Crippen molar-refractivity contribution in [3.8, 4) is 0 Å². The third-order valence-electron chi connectivity index (χ3n) is 12.9. The summed E-state index contributed by atoms with van der Waals surface area (Å²) in [5, 5.41) is 0. The lowest BCUT2D eigenvalue weighted by molar-refractivity contribution is -0.167. The summed E-state index contributed by atoms with van der Waals surface area (Å²) < 4.78 is 16.8. The minimum absolute atomic E-state index is 0.0958. The fourth-order valence-electron chi connectivity index (χ4n) is 8.23. The Morgan fingerprint density at radius 1 is 0.276 bits per heavy atom. The van der Waals surface area contributed by atoms with Crippen LogP contribution in [0.25, 0.3) is 0 Å². The Bertz CT molecular complexity index is 1630. The van der Waals surface area contributed by atoms with Gasteiger partial charge in [-0.2, -0.15) is 0 Å². The van der Waals surface area contributed by atoms with E-state index in [2.05, 4.69) is 154 Å². The van der Waals surface area contributed by atoms with Crippen LogP contribution < -0.4 is 0 Å². The molecule has 0 saturated carbocycles. The summed E-state index contributed by atoms with van der Waals surface area (Å²) in [6.45, 7) is 6.46. The maximum atomic E-state index is 12.8. The van der Waals surface area contributed by atoms with Crippen LogP contribution >= 0.6 is 0 Å². The first kappa shape index (κ1) is 71.5. The molecule has 0 fully saturated rings. The van der Waals surface area contributed by atoms with Crippen LogP contribution in [0.1, 0.15) is 271 Å². The smallest absolute Gasteiger partial charge is 0.306 e. The van der Waals surface area contributed by atoms with Gasteiger partial charge in [-0.3, -0.25) is 14.4 Å². The highest BCUT2D eigenvalue weighted by atomic mass is 16.6. The molecule has 1 unspecified atom stereocenters. The SMILES string of the molecule is CC/C=C\C/C=C\C/C=C\C/C=C\C/C=C\C/C=C\C/C=C\C/C=C\C/C=C\C/C=C\CCCCC(=O)OCC(COC(=O)CCCCCCCCCCCCCC)OC(=O)CCCCCCC/C=C\CCCCCC. The van der Waals surface area contributed by atoms with Crippen LogP contribution in [-0.4, -0.2) is 37.2 Å². The predicted octanol–water partition coefficient (Wildman–Crippen LogP) is 21.4. The molecule has 0 rings (SSSR count). The number of unbranched alkanes of at least 4 members (excludes halogenated alkanes) is 22. The Balaban J connectivity index is 4.34. The number of esters is 3. The van der Waals surface area contributed by atoms with Crippen LogP contribution in [0, 0.1) is 0 Å². The van der Waals surface area contributed by atoms with Crippen molar-refractivity contribution < 1.29 is 28.6 Å². The molecule has 0 aromatic carbocycles. The molecule has 76 heavy (non-hydrogen) atoms. The lowest BCUT2D eigenvalue weighted by Gasteiger charge is -2.18. The first-order valence-electron chi connectivity index (χ1n) is 31.2. The second-order valence-corrected chi connectivity index (χ2v) is 20.2. The average Bonchev–Trinajstić information content (AvgIpc) is 3.42. The summed E-state index contributed by atoms with van der Waals surface area (Å²) in [6.07, 6.45) is 88.9. The Morgan fingerprint density at radius 2 is 0.513 bits per heavy atom. The van der Waals surface area contributed by atoms with Crippen molar-refractivity contribution in [1.82, 2.24) is 0 Å². The maximum absolute atomic E-state index is 12.8. The van der Waals surface area contributed by atoms with Crippen LogP contribution in [0.5, 0.6) is 0 Å². The molecule has 0 aromatic rings. The van der Waals surface area contributed by atoms with Crippen LogP contribution in [0.4, 0.5) is 0 Å². The normalized spacial score (nSPS) is 13.0. The molecule has 0 N–H and O–H groups in total. The fraction of sp³-hybridized carbons (Fsp3) is 0.643. The number of hydrogen-bond acceptors (Lipinski definition) is 6. The van der Waals surface area contributed by atoms with Gasteiger partial charge in [-0.05, 0) is 122 Å². The minimum atomic E-state index is -0.802. The molecule has 0 saturated heterocycles. The minimum Gasteiger partial charge on any atom is -0.462 e. The van der Waals surface area contributed by atoms with Gasteiger partial charge in [0.05, 0.1) is 0 Å². The van der Waals surface area contributed by atoms with Gasteiger partial charge in [0.15, 0.2) is 6.10 Å². The summed E-state index contributed by atoms with van der Waals surface area (Å²) in [5.41, 5.74) is 0. The molecular weight excluding hydrogens is 937 g/mol. The van der Waals surface area contributed by atoms with Gasteiger partial charge >= 0.3 is 17.9 Å². The van der Waals surface area contributed by atoms with Gasteiger partial charge in [0.25, 0.3) is 0 Å². The molecule has 0 radical (unpaired) electrons. The highest BCUT2D eigenvalue weighted by molar-refractivity contribution is 5.71. The van der Waals surface area contributed by atoms with Gasteiger partial charge in [0, 0.05) is 19.3 Å². The van der Waals surface area contributed by atoms with Crippen molar-refractivity contribution in [2.24, 2.45) is 0 Å². The van der Waals surface area contributed by atoms with Crippen LogP contribution in [0.15, 0.2) is 134 Å². The van der Waals surface area contributed by atoms with Crippen molar-refractivity contribution in [3.05, 3.63) is 134 Å². The van der Waals surface area contributed by atoms with Crippen LogP contribution in [0.2, 0.25) is 0 Å². The Labute approximate surface area is 468 Å². The molecular formula is C70H114O6. The molecule has 0 spiro atoms. The highest BCUT2D eigenvalue weighted by Gasteiger charge is 2.19. The van der Waals surface area contributed by atoms with E-state index in [-0.39, 0.29) is 31.1 Å². The number of ether oxygens (including phenoxy) is 3. The first-order valence-corrected chi connectivity index (χ1v) is 31.2. The van der Waals surface area contributed by atoms with Gasteiger partial charge in [-0.1, -0.05) is 264 Å². The van der Waals surface area contributed by atoms with Crippen molar-refractivity contribution in [2.75, 3.05) is 13.2 Å². The largest absolute Gasteiger partial charge is 0.462 e. The number of hydrogen-bond donors (Lipinski definition) is 0. The molecule has 0 aliphatic carbocycles. The Kier molecular flexibility index (Phi) is 59.4. The quantitative estimate of drug-likeness (QED) is 0.0261.